The number of halogens is 3. The van der Waals surface area contributed by atoms with Gasteiger partial charge in [-0.25, -0.2) is 8.78 Å². The Hall–Kier alpha value is -1.81. The standard InChI is InChI=1S/C13H10ClF2NO/c14-10-3-1-8(5-11(10)16)7-18-13-4-2-9(15)6-12(13)17/h1-6H,7,17H2. The SMILES string of the molecule is Nc1cc(F)ccc1OCc1ccc(Cl)c(F)c1. The van der Waals surface area contributed by atoms with E-state index in [-0.39, 0.29) is 17.3 Å². The Bertz CT molecular complexity index is 575. The topological polar surface area (TPSA) is 35.2 Å². The van der Waals surface area contributed by atoms with Crippen LogP contribution in [0.2, 0.25) is 5.02 Å². The van der Waals surface area contributed by atoms with Crippen molar-refractivity contribution in [3.8, 4) is 5.75 Å². The smallest absolute Gasteiger partial charge is 0.142 e. The van der Waals surface area contributed by atoms with Gasteiger partial charge in [-0.2, -0.15) is 0 Å². The van der Waals surface area contributed by atoms with Crippen LogP contribution in [0, 0.1) is 11.6 Å². The molecule has 0 saturated carbocycles. The van der Waals surface area contributed by atoms with Crippen molar-refractivity contribution in [2.24, 2.45) is 0 Å². The van der Waals surface area contributed by atoms with Gasteiger partial charge < -0.3 is 10.5 Å². The summed E-state index contributed by atoms with van der Waals surface area (Å²) in [6.07, 6.45) is 0. The second-order valence-corrected chi connectivity index (χ2v) is 4.13. The molecule has 2 aromatic carbocycles. The molecule has 2 aromatic rings. The molecule has 0 spiro atoms. The van der Waals surface area contributed by atoms with Crippen molar-refractivity contribution in [1.29, 1.82) is 0 Å². The second kappa shape index (κ2) is 5.23. The predicted octanol–water partition coefficient (Wildman–Crippen LogP) is 3.78. The van der Waals surface area contributed by atoms with Crippen LogP contribution in [0.5, 0.6) is 5.75 Å². The van der Waals surface area contributed by atoms with Crippen LogP contribution >= 0.6 is 11.6 Å². The number of anilines is 1. The highest BCUT2D eigenvalue weighted by Crippen LogP contribution is 2.23. The highest BCUT2D eigenvalue weighted by atomic mass is 35.5. The third-order valence-electron chi connectivity index (χ3n) is 2.35. The van der Waals surface area contributed by atoms with E-state index in [1.54, 1.807) is 6.07 Å². The molecule has 0 aromatic heterocycles. The monoisotopic (exact) mass is 269 g/mol. The zero-order chi connectivity index (χ0) is 13.1. The lowest BCUT2D eigenvalue weighted by Crippen LogP contribution is -1.99. The molecule has 5 heteroatoms. The number of nitrogens with two attached hydrogens (primary N) is 1. The Morgan fingerprint density at radius 3 is 2.56 bits per heavy atom. The number of ether oxygens (including phenoxy) is 1. The number of hydrogen-bond acceptors (Lipinski definition) is 2. The molecule has 0 aliphatic rings. The Balaban J connectivity index is 2.09. The second-order valence-electron chi connectivity index (χ2n) is 3.72. The molecule has 0 atom stereocenters. The van der Waals surface area contributed by atoms with Crippen molar-refractivity contribution in [2.75, 3.05) is 5.73 Å². The fourth-order valence-electron chi connectivity index (χ4n) is 1.44. The molecule has 0 heterocycles. The summed E-state index contributed by atoms with van der Waals surface area (Å²) >= 11 is 5.56. The molecule has 2 nitrogen and oxygen atoms in total. The first-order chi connectivity index (χ1) is 8.56. The van der Waals surface area contributed by atoms with Gasteiger partial charge in [-0.15, -0.1) is 0 Å². The Kier molecular flexibility index (Phi) is 3.67. The lowest BCUT2D eigenvalue weighted by atomic mass is 10.2. The predicted molar refractivity (Wildman–Crippen MR) is 66.6 cm³/mol. The van der Waals surface area contributed by atoms with E-state index in [2.05, 4.69) is 0 Å². The first-order valence-electron chi connectivity index (χ1n) is 5.18. The minimum Gasteiger partial charge on any atom is -0.487 e. The normalized spacial score (nSPS) is 10.4. The molecule has 0 saturated heterocycles. The summed E-state index contributed by atoms with van der Waals surface area (Å²) in [5, 5.41) is 0.0556. The van der Waals surface area contributed by atoms with Gasteiger partial charge in [0.15, 0.2) is 0 Å². The van der Waals surface area contributed by atoms with Crippen LogP contribution in [0.1, 0.15) is 5.56 Å². The summed E-state index contributed by atoms with van der Waals surface area (Å²) in [5.41, 5.74) is 6.39. The maximum absolute atomic E-state index is 13.2. The zero-order valence-corrected chi connectivity index (χ0v) is 10.0. The molecule has 2 rings (SSSR count). The average molecular weight is 270 g/mol. The third kappa shape index (κ3) is 2.90. The van der Waals surface area contributed by atoms with Crippen molar-refractivity contribution in [3.63, 3.8) is 0 Å². The Labute approximate surface area is 108 Å². The number of nitrogen functional groups attached to an aromatic ring is 1. The fraction of sp³-hybridized carbons (Fsp3) is 0.0769. The van der Waals surface area contributed by atoms with Crippen molar-refractivity contribution in [3.05, 3.63) is 58.6 Å². The summed E-state index contributed by atoms with van der Waals surface area (Å²) in [5.74, 6) is -0.589. The number of benzene rings is 2. The molecule has 0 amide bonds. The molecule has 94 valence electrons. The zero-order valence-electron chi connectivity index (χ0n) is 9.29. The molecular formula is C13H10ClF2NO. The van der Waals surface area contributed by atoms with Gasteiger partial charge in [0.05, 0.1) is 10.7 Å². The van der Waals surface area contributed by atoms with Gasteiger partial charge in [0.1, 0.15) is 24.0 Å². The number of hydrogen-bond donors (Lipinski definition) is 1. The van der Waals surface area contributed by atoms with Crippen LogP contribution in [-0.2, 0) is 6.61 Å². The fourth-order valence-corrected chi connectivity index (χ4v) is 1.56. The minimum atomic E-state index is -0.509. The first-order valence-corrected chi connectivity index (χ1v) is 5.56. The molecule has 0 bridgehead atoms. The van der Waals surface area contributed by atoms with Crippen molar-refractivity contribution in [1.82, 2.24) is 0 Å². The summed E-state index contributed by atoms with van der Waals surface area (Å²) < 4.78 is 31.4. The third-order valence-corrected chi connectivity index (χ3v) is 2.66. The Morgan fingerprint density at radius 2 is 1.89 bits per heavy atom. The van der Waals surface area contributed by atoms with Crippen LogP contribution in [0.25, 0.3) is 0 Å². The molecule has 0 aliphatic heterocycles. The van der Waals surface area contributed by atoms with Crippen molar-refractivity contribution >= 4 is 17.3 Å². The maximum atomic E-state index is 13.2. The van der Waals surface area contributed by atoms with Crippen LogP contribution in [-0.4, -0.2) is 0 Å². The minimum absolute atomic E-state index is 0.0556. The van der Waals surface area contributed by atoms with Gasteiger partial charge in [0, 0.05) is 6.07 Å². The van der Waals surface area contributed by atoms with E-state index in [1.165, 1.54) is 24.3 Å². The average Bonchev–Trinajstić information content (AvgIpc) is 2.32. The van der Waals surface area contributed by atoms with E-state index in [0.717, 1.165) is 6.07 Å². The molecule has 18 heavy (non-hydrogen) atoms. The van der Waals surface area contributed by atoms with Crippen molar-refractivity contribution < 1.29 is 13.5 Å². The van der Waals surface area contributed by atoms with E-state index < -0.39 is 11.6 Å². The Morgan fingerprint density at radius 1 is 1.11 bits per heavy atom. The largest absolute Gasteiger partial charge is 0.487 e. The summed E-state index contributed by atoms with van der Waals surface area (Å²) in [6.45, 7) is 0.129. The maximum Gasteiger partial charge on any atom is 0.142 e. The molecule has 0 unspecified atom stereocenters. The van der Waals surface area contributed by atoms with Gasteiger partial charge in [-0.3, -0.25) is 0 Å². The molecular weight excluding hydrogens is 260 g/mol. The lowest BCUT2D eigenvalue weighted by molar-refractivity contribution is 0.307. The summed E-state index contributed by atoms with van der Waals surface area (Å²) in [7, 11) is 0. The van der Waals surface area contributed by atoms with Gasteiger partial charge in [-0.05, 0) is 29.8 Å². The van der Waals surface area contributed by atoms with Gasteiger partial charge in [0.2, 0.25) is 0 Å². The molecule has 0 fully saturated rings. The molecule has 0 aliphatic carbocycles. The molecule has 0 radical (unpaired) electrons. The summed E-state index contributed by atoms with van der Waals surface area (Å²) in [4.78, 5) is 0. The number of rotatable bonds is 3. The van der Waals surface area contributed by atoms with Crippen LogP contribution < -0.4 is 10.5 Å². The van der Waals surface area contributed by atoms with E-state index in [0.29, 0.717) is 11.3 Å². The highest BCUT2D eigenvalue weighted by molar-refractivity contribution is 6.30. The quantitative estimate of drug-likeness (QED) is 0.861. The van der Waals surface area contributed by atoms with E-state index in [9.17, 15) is 8.78 Å². The lowest BCUT2D eigenvalue weighted by Gasteiger charge is -2.09. The molecule has 2 N–H and O–H groups in total. The highest BCUT2D eigenvalue weighted by Gasteiger charge is 2.04. The van der Waals surface area contributed by atoms with E-state index in [4.69, 9.17) is 22.1 Å². The van der Waals surface area contributed by atoms with Gasteiger partial charge in [-0.1, -0.05) is 17.7 Å². The first kappa shape index (κ1) is 12.6. The van der Waals surface area contributed by atoms with Crippen LogP contribution in [0.3, 0.4) is 0 Å². The van der Waals surface area contributed by atoms with Gasteiger partial charge >= 0.3 is 0 Å². The van der Waals surface area contributed by atoms with E-state index in [1.807, 2.05) is 0 Å². The summed E-state index contributed by atoms with van der Waals surface area (Å²) in [6, 6.07) is 8.21. The van der Waals surface area contributed by atoms with Crippen LogP contribution in [0.15, 0.2) is 36.4 Å². The van der Waals surface area contributed by atoms with Crippen molar-refractivity contribution in [2.45, 2.75) is 6.61 Å². The van der Waals surface area contributed by atoms with Crippen LogP contribution in [0.4, 0.5) is 14.5 Å². The van der Waals surface area contributed by atoms with E-state index >= 15 is 0 Å². The van der Waals surface area contributed by atoms with Gasteiger partial charge in [0.25, 0.3) is 0 Å².